The highest BCUT2D eigenvalue weighted by molar-refractivity contribution is 6.30. The Hall–Kier alpha value is -2.20. The lowest BCUT2D eigenvalue weighted by molar-refractivity contribution is 0.247. The van der Waals surface area contributed by atoms with Crippen LogP contribution in [0.15, 0.2) is 36.4 Å². The third-order valence-corrected chi connectivity index (χ3v) is 3.65. The number of hydrogen-bond donors (Lipinski definition) is 2. The summed E-state index contributed by atoms with van der Waals surface area (Å²) in [6.45, 7) is 6.78. The first-order valence-corrected chi connectivity index (χ1v) is 7.84. The standard InChI is InChI=1S/C18H21ClN2O2/c1-12-4-7-17(14(3)10-12)23-9-8-20-18(22)21-16-6-5-15(19)11-13(16)2/h4-7,10-11H,8-9H2,1-3H3,(H2,20,21,22). The fraction of sp³-hybridized carbons (Fsp3) is 0.278. The van der Waals surface area contributed by atoms with Gasteiger partial charge in [-0.3, -0.25) is 0 Å². The molecule has 2 aromatic carbocycles. The molecule has 0 unspecified atom stereocenters. The van der Waals surface area contributed by atoms with E-state index in [1.54, 1.807) is 18.2 Å². The maximum absolute atomic E-state index is 11.9. The number of carbonyl (C=O) groups excluding carboxylic acids is 1. The van der Waals surface area contributed by atoms with Gasteiger partial charge in [-0.15, -0.1) is 0 Å². The van der Waals surface area contributed by atoms with Crippen LogP contribution in [0.5, 0.6) is 5.75 Å². The van der Waals surface area contributed by atoms with E-state index in [0.717, 1.165) is 22.6 Å². The van der Waals surface area contributed by atoms with Gasteiger partial charge in [0.1, 0.15) is 12.4 Å². The number of urea groups is 1. The van der Waals surface area contributed by atoms with E-state index >= 15 is 0 Å². The van der Waals surface area contributed by atoms with Gasteiger partial charge in [0.2, 0.25) is 0 Å². The topological polar surface area (TPSA) is 50.4 Å². The SMILES string of the molecule is Cc1ccc(OCCNC(=O)Nc2ccc(Cl)cc2C)c(C)c1. The molecule has 0 aliphatic carbocycles. The molecule has 4 nitrogen and oxygen atoms in total. The predicted octanol–water partition coefficient (Wildman–Crippen LogP) is 4.47. The molecule has 0 aliphatic heterocycles. The van der Waals surface area contributed by atoms with Gasteiger partial charge in [0, 0.05) is 10.7 Å². The predicted molar refractivity (Wildman–Crippen MR) is 94.6 cm³/mol. The molecule has 0 saturated heterocycles. The van der Waals surface area contributed by atoms with Crippen molar-refractivity contribution >= 4 is 23.3 Å². The zero-order valence-electron chi connectivity index (χ0n) is 13.6. The van der Waals surface area contributed by atoms with Crippen LogP contribution >= 0.6 is 11.6 Å². The van der Waals surface area contributed by atoms with Crippen molar-refractivity contribution in [1.29, 1.82) is 0 Å². The Morgan fingerprint density at radius 2 is 1.87 bits per heavy atom. The highest BCUT2D eigenvalue weighted by Crippen LogP contribution is 2.19. The van der Waals surface area contributed by atoms with E-state index in [4.69, 9.17) is 16.3 Å². The highest BCUT2D eigenvalue weighted by Gasteiger charge is 2.05. The molecule has 0 heterocycles. The molecule has 0 aliphatic rings. The smallest absolute Gasteiger partial charge is 0.319 e. The third-order valence-electron chi connectivity index (χ3n) is 3.41. The number of amides is 2. The normalized spacial score (nSPS) is 10.3. The summed E-state index contributed by atoms with van der Waals surface area (Å²) in [7, 11) is 0. The third kappa shape index (κ3) is 5.18. The molecular weight excluding hydrogens is 312 g/mol. The number of anilines is 1. The summed E-state index contributed by atoms with van der Waals surface area (Å²) < 4.78 is 5.67. The van der Waals surface area contributed by atoms with Gasteiger partial charge in [0.25, 0.3) is 0 Å². The van der Waals surface area contributed by atoms with Gasteiger partial charge >= 0.3 is 6.03 Å². The van der Waals surface area contributed by atoms with Gasteiger partial charge < -0.3 is 15.4 Å². The van der Waals surface area contributed by atoms with E-state index in [0.29, 0.717) is 18.2 Å². The Bertz CT molecular complexity index is 701. The minimum absolute atomic E-state index is 0.264. The van der Waals surface area contributed by atoms with E-state index < -0.39 is 0 Å². The molecular formula is C18H21ClN2O2. The van der Waals surface area contributed by atoms with Crippen molar-refractivity contribution in [2.75, 3.05) is 18.5 Å². The Labute approximate surface area is 141 Å². The quantitative estimate of drug-likeness (QED) is 0.794. The Morgan fingerprint density at radius 1 is 1.09 bits per heavy atom. The Kier molecular flexibility index (Phi) is 5.88. The van der Waals surface area contributed by atoms with Gasteiger partial charge in [0.05, 0.1) is 6.54 Å². The average molecular weight is 333 g/mol. The van der Waals surface area contributed by atoms with E-state index in [1.165, 1.54) is 5.56 Å². The maximum Gasteiger partial charge on any atom is 0.319 e. The van der Waals surface area contributed by atoms with Gasteiger partial charge in [-0.1, -0.05) is 29.3 Å². The number of aryl methyl sites for hydroxylation is 3. The van der Waals surface area contributed by atoms with E-state index in [9.17, 15) is 4.79 Å². The molecule has 0 radical (unpaired) electrons. The second-order valence-corrected chi connectivity index (χ2v) is 5.89. The van der Waals surface area contributed by atoms with Crippen molar-refractivity contribution in [3.05, 3.63) is 58.1 Å². The summed E-state index contributed by atoms with van der Waals surface area (Å²) >= 11 is 5.89. The van der Waals surface area contributed by atoms with Gasteiger partial charge in [0.15, 0.2) is 0 Å². The number of rotatable bonds is 5. The monoisotopic (exact) mass is 332 g/mol. The van der Waals surface area contributed by atoms with Gasteiger partial charge in [-0.05, 0) is 56.2 Å². The molecule has 0 aromatic heterocycles. The summed E-state index contributed by atoms with van der Waals surface area (Å²) in [4.78, 5) is 11.9. The molecule has 2 amide bonds. The number of carbonyl (C=O) groups is 1. The summed E-state index contributed by atoms with van der Waals surface area (Å²) in [5, 5.41) is 6.21. The largest absolute Gasteiger partial charge is 0.491 e. The van der Waals surface area contributed by atoms with Crippen molar-refractivity contribution in [1.82, 2.24) is 5.32 Å². The van der Waals surface area contributed by atoms with Gasteiger partial charge in [-0.25, -0.2) is 4.79 Å². The number of nitrogens with one attached hydrogen (secondary N) is 2. The Balaban J connectivity index is 1.76. The lowest BCUT2D eigenvalue weighted by Crippen LogP contribution is -2.32. The van der Waals surface area contributed by atoms with Gasteiger partial charge in [-0.2, -0.15) is 0 Å². The molecule has 2 rings (SSSR count). The number of benzene rings is 2. The van der Waals surface area contributed by atoms with Crippen molar-refractivity contribution < 1.29 is 9.53 Å². The van der Waals surface area contributed by atoms with Crippen LogP contribution < -0.4 is 15.4 Å². The van der Waals surface area contributed by atoms with Crippen LogP contribution in [0.4, 0.5) is 10.5 Å². The molecule has 0 fully saturated rings. The first-order chi connectivity index (χ1) is 11.0. The van der Waals surface area contributed by atoms with Crippen molar-refractivity contribution in [2.45, 2.75) is 20.8 Å². The summed E-state index contributed by atoms with van der Waals surface area (Å²) in [5.74, 6) is 0.839. The van der Waals surface area contributed by atoms with E-state index in [-0.39, 0.29) is 6.03 Å². The molecule has 0 atom stereocenters. The maximum atomic E-state index is 11.9. The molecule has 23 heavy (non-hydrogen) atoms. The fourth-order valence-electron chi connectivity index (χ4n) is 2.22. The zero-order valence-corrected chi connectivity index (χ0v) is 14.3. The Morgan fingerprint density at radius 3 is 2.57 bits per heavy atom. The van der Waals surface area contributed by atoms with Crippen molar-refractivity contribution in [3.8, 4) is 5.75 Å². The minimum atomic E-state index is -0.264. The summed E-state index contributed by atoms with van der Waals surface area (Å²) in [6, 6.07) is 11.1. The highest BCUT2D eigenvalue weighted by atomic mass is 35.5. The lowest BCUT2D eigenvalue weighted by atomic mass is 10.1. The molecule has 0 saturated carbocycles. The fourth-order valence-corrected chi connectivity index (χ4v) is 2.45. The zero-order chi connectivity index (χ0) is 16.8. The van der Waals surface area contributed by atoms with Crippen LogP contribution in [-0.2, 0) is 0 Å². The molecule has 0 spiro atoms. The summed E-state index contributed by atoms with van der Waals surface area (Å²) in [5.41, 5.74) is 3.94. The lowest BCUT2D eigenvalue weighted by Gasteiger charge is -2.12. The van der Waals surface area contributed by atoms with Crippen LogP contribution in [0.25, 0.3) is 0 Å². The number of hydrogen-bond acceptors (Lipinski definition) is 2. The molecule has 0 bridgehead atoms. The average Bonchev–Trinajstić information content (AvgIpc) is 2.48. The minimum Gasteiger partial charge on any atom is -0.491 e. The van der Waals surface area contributed by atoms with Crippen LogP contribution in [0.1, 0.15) is 16.7 Å². The van der Waals surface area contributed by atoms with Crippen molar-refractivity contribution in [2.24, 2.45) is 0 Å². The molecule has 2 N–H and O–H groups in total. The second-order valence-electron chi connectivity index (χ2n) is 5.46. The molecule has 2 aromatic rings. The van der Waals surface area contributed by atoms with E-state index in [2.05, 4.69) is 16.7 Å². The second kappa shape index (κ2) is 7.88. The summed E-state index contributed by atoms with van der Waals surface area (Å²) in [6.07, 6.45) is 0. The number of halogens is 1. The first-order valence-electron chi connectivity index (χ1n) is 7.47. The first kappa shape index (κ1) is 17.2. The van der Waals surface area contributed by atoms with Crippen LogP contribution in [0.3, 0.4) is 0 Å². The van der Waals surface area contributed by atoms with Crippen LogP contribution in [-0.4, -0.2) is 19.2 Å². The van der Waals surface area contributed by atoms with Crippen molar-refractivity contribution in [3.63, 3.8) is 0 Å². The molecule has 122 valence electrons. The van der Waals surface area contributed by atoms with Crippen LogP contribution in [0, 0.1) is 20.8 Å². The van der Waals surface area contributed by atoms with E-state index in [1.807, 2.05) is 32.9 Å². The van der Waals surface area contributed by atoms with Crippen LogP contribution in [0.2, 0.25) is 5.02 Å². The number of ether oxygens (including phenoxy) is 1. The molecule has 5 heteroatoms.